The largest absolute Gasteiger partial charge is 0.495 e. The zero-order valence-corrected chi connectivity index (χ0v) is 9.37. The Labute approximate surface area is 89.4 Å². The van der Waals surface area contributed by atoms with E-state index < -0.39 is 0 Å². The number of fused-ring (bicyclic) bond motifs is 1. The molecule has 0 radical (unpaired) electrons. The summed E-state index contributed by atoms with van der Waals surface area (Å²) in [6.07, 6.45) is 0. The highest BCUT2D eigenvalue weighted by Crippen LogP contribution is 2.31. The summed E-state index contributed by atoms with van der Waals surface area (Å²) in [6, 6.07) is 6.09. The maximum Gasteiger partial charge on any atom is 0.143 e. The standard InChI is InChI=1S/C12H16N2O/c1-8-9-5-4-6-11(15-3)12(9)14(2)10(8)7-13/h4-6H,7,13H2,1-3H3. The molecule has 0 fully saturated rings. The van der Waals surface area contributed by atoms with Crippen LogP contribution in [0, 0.1) is 6.92 Å². The first kappa shape index (κ1) is 10.1. The molecule has 0 aliphatic carbocycles. The molecule has 1 aromatic heterocycles. The van der Waals surface area contributed by atoms with E-state index in [4.69, 9.17) is 10.5 Å². The molecule has 0 saturated heterocycles. The number of para-hydroxylation sites is 1. The van der Waals surface area contributed by atoms with E-state index in [0.29, 0.717) is 6.54 Å². The van der Waals surface area contributed by atoms with Gasteiger partial charge in [0, 0.05) is 24.7 Å². The van der Waals surface area contributed by atoms with Gasteiger partial charge in [-0.15, -0.1) is 0 Å². The summed E-state index contributed by atoms with van der Waals surface area (Å²) in [4.78, 5) is 0. The molecule has 15 heavy (non-hydrogen) atoms. The molecule has 2 N–H and O–H groups in total. The van der Waals surface area contributed by atoms with E-state index in [-0.39, 0.29) is 0 Å². The highest BCUT2D eigenvalue weighted by molar-refractivity contribution is 5.90. The molecule has 0 atom stereocenters. The average Bonchev–Trinajstić information content (AvgIpc) is 2.51. The van der Waals surface area contributed by atoms with E-state index in [2.05, 4.69) is 17.6 Å². The van der Waals surface area contributed by atoms with E-state index in [1.54, 1.807) is 7.11 Å². The lowest BCUT2D eigenvalue weighted by atomic mass is 10.1. The van der Waals surface area contributed by atoms with Gasteiger partial charge in [-0.1, -0.05) is 12.1 Å². The zero-order valence-electron chi connectivity index (χ0n) is 9.37. The van der Waals surface area contributed by atoms with E-state index in [1.165, 1.54) is 10.9 Å². The molecule has 0 amide bonds. The lowest BCUT2D eigenvalue weighted by Crippen LogP contribution is -2.04. The second kappa shape index (κ2) is 3.59. The first-order chi connectivity index (χ1) is 7.20. The van der Waals surface area contributed by atoms with Crippen LogP contribution in [0.4, 0.5) is 0 Å². The number of rotatable bonds is 2. The second-order valence-corrected chi connectivity index (χ2v) is 3.69. The molecule has 1 heterocycles. The van der Waals surface area contributed by atoms with Crippen molar-refractivity contribution in [3.63, 3.8) is 0 Å². The van der Waals surface area contributed by atoms with Crippen LogP contribution in [0.2, 0.25) is 0 Å². The fraction of sp³-hybridized carbons (Fsp3) is 0.333. The summed E-state index contributed by atoms with van der Waals surface area (Å²) in [5, 5.41) is 1.22. The van der Waals surface area contributed by atoms with Gasteiger partial charge in [0.1, 0.15) is 5.75 Å². The van der Waals surface area contributed by atoms with Gasteiger partial charge >= 0.3 is 0 Å². The Hall–Kier alpha value is -1.48. The van der Waals surface area contributed by atoms with E-state index >= 15 is 0 Å². The molecule has 0 aliphatic heterocycles. The van der Waals surface area contributed by atoms with Crippen molar-refractivity contribution in [1.29, 1.82) is 0 Å². The Kier molecular flexibility index (Phi) is 2.40. The number of hydrogen-bond donors (Lipinski definition) is 1. The minimum absolute atomic E-state index is 0.556. The molecule has 0 saturated carbocycles. The predicted octanol–water partition coefficient (Wildman–Crippen LogP) is 1.95. The van der Waals surface area contributed by atoms with E-state index in [0.717, 1.165) is 17.0 Å². The molecule has 3 nitrogen and oxygen atoms in total. The smallest absolute Gasteiger partial charge is 0.143 e. The van der Waals surface area contributed by atoms with Crippen LogP contribution in [-0.2, 0) is 13.6 Å². The number of nitrogens with zero attached hydrogens (tertiary/aromatic N) is 1. The Morgan fingerprint density at radius 2 is 2.13 bits per heavy atom. The molecule has 80 valence electrons. The zero-order chi connectivity index (χ0) is 11.0. The SMILES string of the molecule is COc1cccc2c(C)c(CN)n(C)c12. The Morgan fingerprint density at radius 3 is 2.73 bits per heavy atom. The van der Waals surface area contributed by atoms with Crippen molar-refractivity contribution in [1.82, 2.24) is 4.57 Å². The Morgan fingerprint density at radius 1 is 1.40 bits per heavy atom. The molecule has 3 heteroatoms. The summed E-state index contributed by atoms with van der Waals surface area (Å²) in [5.41, 5.74) is 9.27. The molecule has 0 spiro atoms. The minimum Gasteiger partial charge on any atom is -0.495 e. The maximum absolute atomic E-state index is 5.75. The monoisotopic (exact) mass is 204 g/mol. The summed E-state index contributed by atoms with van der Waals surface area (Å²) in [7, 11) is 3.72. The van der Waals surface area contributed by atoms with Crippen molar-refractivity contribution in [2.75, 3.05) is 7.11 Å². The van der Waals surface area contributed by atoms with E-state index in [1.807, 2.05) is 19.2 Å². The summed E-state index contributed by atoms with van der Waals surface area (Å²) in [5.74, 6) is 0.901. The van der Waals surface area contributed by atoms with Crippen LogP contribution >= 0.6 is 0 Å². The second-order valence-electron chi connectivity index (χ2n) is 3.69. The van der Waals surface area contributed by atoms with Gasteiger partial charge in [-0.25, -0.2) is 0 Å². The number of hydrogen-bond acceptors (Lipinski definition) is 2. The molecule has 2 aromatic rings. The number of methoxy groups -OCH3 is 1. The van der Waals surface area contributed by atoms with Crippen LogP contribution in [0.3, 0.4) is 0 Å². The fourth-order valence-electron chi connectivity index (χ4n) is 2.17. The van der Waals surface area contributed by atoms with Crippen LogP contribution < -0.4 is 10.5 Å². The molecule has 2 rings (SSSR count). The van der Waals surface area contributed by atoms with Crippen molar-refractivity contribution in [3.8, 4) is 5.75 Å². The van der Waals surface area contributed by atoms with Gasteiger partial charge < -0.3 is 15.0 Å². The number of aromatic nitrogens is 1. The quantitative estimate of drug-likeness (QED) is 0.812. The van der Waals surface area contributed by atoms with Crippen LogP contribution in [0.15, 0.2) is 18.2 Å². The van der Waals surface area contributed by atoms with Crippen molar-refractivity contribution in [2.24, 2.45) is 12.8 Å². The first-order valence-electron chi connectivity index (χ1n) is 5.01. The fourth-order valence-corrected chi connectivity index (χ4v) is 2.17. The lowest BCUT2D eigenvalue weighted by molar-refractivity contribution is 0.417. The van der Waals surface area contributed by atoms with Crippen molar-refractivity contribution in [3.05, 3.63) is 29.5 Å². The predicted molar refractivity (Wildman–Crippen MR) is 62.1 cm³/mol. The maximum atomic E-state index is 5.75. The highest BCUT2D eigenvalue weighted by atomic mass is 16.5. The molecule has 1 aromatic carbocycles. The molecule has 0 bridgehead atoms. The minimum atomic E-state index is 0.556. The average molecular weight is 204 g/mol. The number of aryl methyl sites for hydroxylation is 2. The highest BCUT2D eigenvalue weighted by Gasteiger charge is 2.13. The van der Waals surface area contributed by atoms with Gasteiger partial charge in [0.05, 0.1) is 12.6 Å². The lowest BCUT2D eigenvalue weighted by Gasteiger charge is -2.05. The Bertz CT molecular complexity index is 500. The molecule has 0 aliphatic rings. The third kappa shape index (κ3) is 1.31. The van der Waals surface area contributed by atoms with Crippen LogP contribution in [0.5, 0.6) is 5.75 Å². The third-order valence-electron chi connectivity index (χ3n) is 2.99. The normalized spacial score (nSPS) is 10.9. The van der Waals surface area contributed by atoms with Crippen molar-refractivity contribution in [2.45, 2.75) is 13.5 Å². The molecular weight excluding hydrogens is 188 g/mol. The van der Waals surface area contributed by atoms with Gasteiger partial charge in [0.25, 0.3) is 0 Å². The van der Waals surface area contributed by atoms with Crippen LogP contribution in [0.1, 0.15) is 11.3 Å². The van der Waals surface area contributed by atoms with Gasteiger partial charge in [-0.05, 0) is 18.6 Å². The van der Waals surface area contributed by atoms with Gasteiger partial charge in [-0.3, -0.25) is 0 Å². The number of benzene rings is 1. The molecule has 0 unspecified atom stereocenters. The number of nitrogens with two attached hydrogens (primary N) is 1. The third-order valence-corrected chi connectivity index (χ3v) is 2.99. The Balaban J connectivity index is 2.88. The van der Waals surface area contributed by atoms with Gasteiger partial charge in [-0.2, -0.15) is 0 Å². The van der Waals surface area contributed by atoms with Gasteiger partial charge in [0.2, 0.25) is 0 Å². The number of ether oxygens (including phenoxy) is 1. The van der Waals surface area contributed by atoms with Crippen molar-refractivity contribution < 1.29 is 4.74 Å². The van der Waals surface area contributed by atoms with Crippen LogP contribution in [0.25, 0.3) is 10.9 Å². The van der Waals surface area contributed by atoms with Crippen LogP contribution in [-0.4, -0.2) is 11.7 Å². The summed E-state index contributed by atoms with van der Waals surface area (Å²) < 4.78 is 7.47. The topological polar surface area (TPSA) is 40.2 Å². The first-order valence-corrected chi connectivity index (χ1v) is 5.01. The van der Waals surface area contributed by atoms with Crippen molar-refractivity contribution >= 4 is 10.9 Å². The van der Waals surface area contributed by atoms with Gasteiger partial charge in [0.15, 0.2) is 0 Å². The molecular formula is C12H16N2O. The summed E-state index contributed by atoms with van der Waals surface area (Å²) >= 11 is 0. The summed E-state index contributed by atoms with van der Waals surface area (Å²) in [6.45, 7) is 2.66. The van der Waals surface area contributed by atoms with E-state index in [9.17, 15) is 0 Å².